The molecule has 0 aliphatic carbocycles. The van der Waals surface area contributed by atoms with Gasteiger partial charge in [-0.25, -0.2) is 13.4 Å². The molecular weight excluding hydrogens is 390 g/mol. The number of oxazole rings is 1. The first-order valence-corrected chi connectivity index (χ1v) is 11.0. The summed E-state index contributed by atoms with van der Waals surface area (Å²) in [6, 6.07) is 14.0. The molecule has 29 heavy (non-hydrogen) atoms. The molecule has 1 amide bonds. The zero-order chi connectivity index (χ0) is 21.0. The van der Waals surface area contributed by atoms with E-state index in [1.807, 2.05) is 26.0 Å². The average Bonchev–Trinajstić information content (AvgIpc) is 3.13. The molecule has 0 unspecified atom stereocenters. The Hall–Kier alpha value is -3.13. The number of benzene rings is 2. The van der Waals surface area contributed by atoms with Crippen LogP contribution in [0.3, 0.4) is 0 Å². The molecule has 0 saturated heterocycles. The summed E-state index contributed by atoms with van der Waals surface area (Å²) in [5.41, 5.74) is 2.43. The van der Waals surface area contributed by atoms with Crippen LogP contribution in [0.2, 0.25) is 0 Å². The Morgan fingerprint density at radius 3 is 2.41 bits per heavy atom. The predicted molar refractivity (Wildman–Crippen MR) is 113 cm³/mol. The summed E-state index contributed by atoms with van der Waals surface area (Å²) < 4.78 is 31.1. The van der Waals surface area contributed by atoms with Crippen molar-refractivity contribution in [3.05, 3.63) is 66.1 Å². The van der Waals surface area contributed by atoms with Crippen LogP contribution in [0.5, 0.6) is 0 Å². The Bertz CT molecular complexity index is 1100. The fourth-order valence-electron chi connectivity index (χ4n) is 2.74. The number of carbonyl (C=O) groups excluding carboxylic acids is 1. The lowest BCUT2D eigenvalue weighted by Crippen LogP contribution is -2.17. The Balaban J connectivity index is 1.67. The Kier molecular flexibility index (Phi) is 6.03. The summed E-state index contributed by atoms with van der Waals surface area (Å²) in [6.45, 7) is 4.07. The van der Waals surface area contributed by atoms with Crippen LogP contribution in [0.1, 0.15) is 31.1 Å². The summed E-state index contributed by atoms with van der Waals surface area (Å²) in [5, 5.41) is 2.82. The maximum atomic E-state index is 12.4. The molecule has 2 aromatic carbocycles. The SMILES string of the molecule is CC(C)c1cnc(-c2ccc(NC(=O)Cc3ccccc3NS(C)(=O)=O)cc2)o1. The molecule has 0 spiro atoms. The number of hydrogen-bond donors (Lipinski definition) is 2. The molecule has 1 heterocycles. The van der Waals surface area contributed by atoms with Crippen molar-refractivity contribution in [1.82, 2.24) is 4.98 Å². The molecule has 3 aromatic rings. The summed E-state index contributed by atoms with van der Waals surface area (Å²) >= 11 is 0. The fourth-order valence-corrected chi connectivity index (χ4v) is 3.33. The van der Waals surface area contributed by atoms with Gasteiger partial charge in [0.2, 0.25) is 21.8 Å². The van der Waals surface area contributed by atoms with E-state index in [2.05, 4.69) is 15.0 Å². The maximum absolute atomic E-state index is 12.4. The van der Waals surface area contributed by atoms with Crippen LogP contribution in [0.4, 0.5) is 11.4 Å². The maximum Gasteiger partial charge on any atom is 0.229 e. The molecule has 0 fully saturated rings. The van der Waals surface area contributed by atoms with Crippen LogP contribution >= 0.6 is 0 Å². The first-order chi connectivity index (χ1) is 13.7. The second-order valence-electron chi connectivity index (χ2n) is 7.06. The number of aromatic nitrogens is 1. The van der Waals surface area contributed by atoms with Gasteiger partial charge in [-0.1, -0.05) is 32.0 Å². The lowest BCUT2D eigenvalue weighted by Gasteiger charge is -2.11. The van der Waals surface area contributed by atoms with E-state index in [1.54, 1.807) is 42.6 Å². The quantitative estimate of drug-likeness (QED) is 0.609. The molecule has 0 bridgehead atoms. The standard InChI is InChI=1S/C21H23N3O4S/c1-14(2)19-13-22-21(28-19)15-8-10-17(11-9-15)23-20(25)12-16-6-4-5-7-18(16)24-29(3,26)27/h4-11,13-14,24H,12H2,1-3H3,(H,23,25). The molecule has 152 valence electrons. The van der Waals surface area contributed by atoms with Gasteiger partial charge in [0, 0.05) is 17.2 Å². The molecule has 0 atom stereocenters. The van der Waals surface area contributed by atoms with E-state index >= 15 is 0 Å². The number of hydrogen-bond acceptors (Lipinski definition) is 5. The summed E-state index contributed by atoms with van der Waals surface area (Å²) in [4.78, 5) is 16.7. The van der Waals surface area contributed by atoms with Gasteiger partial charge in [0.25, 0.3) is 0 Å². The van der Waals surface area contributed by atoms with Gasteiger partial charge >= 0.3 is 0 Å². The van der Waals surface area contributed by atoms with E-state index < -0.39 is 10.0 Å². The van der Waals surface area contributed by atoms with Gasteiger partial charge in [0.15, 0.2) is 0 Å². The minimum atomic E-state index is -3.43. The van der Waals surface area contributed by atoms with Crippen LogP contribution in [0.15, 0.2) is 59.1 Å². The van der Waals surface area contributed by atoms with Crippen molar-refractivity contribution in [2.75, 3.05) is 16.3 Å². The predicted octanol–water partition coefficient (Wildman–Crippen LogP) is 4.02. The molecule has 0 aliphatic rings. The number of carbonyl (C=O) groups is 1. The average molecular weight is 413 g/mol. The second-order valence-corrected chi connectivity index (χ2v) is 8.80. The molecule has 2 N–H and O–H groups in total. The van der Waals surface area contributed by atoms with Gasteiger partial charge in [-0.2, -0.15) is 0 Å². The lowest BCUT2D eigenvalue weighted by atomic mass is 10.1. The smallest absolute Gasteiger partial charge is 0.229 e. The van der Waals surface area contributed by atoms with E-state index in [9.17, 15) is 13.2 Å². The lowest BCUT2D eigenvalue weighted by molar-refractivity contribution is -0.115. The van der Waals surface area contributed by atoms with Crippen LogP contribution in [0.25, 0.3) is 11.5 Å². The zero-order valence-corrected chi connectivity index (χ0v) is 17.3. The number of nitrogens with zero attached hydrogens (tertiary/aromatic N) is 1. The van der Waals surface area contributed by atoms with Crippen molar-refractivity contribution in [1.29, 1.82) is 0 Å². The normalized spacial score (nSPS) is 11.4. The fraction of sp³-hybridized carbons (Fsp3) is 0.238. The van der Waals surface area contributed by atoms with Crippen molar-refractivity contribution >= 4 is 27.3 Å². The van der Waals surface area contributed by atoms with Crippen molar-refractivity contribution < 1.29 is 17.6 Å². The molecule has 0 radical (unpaired) electrons. The number of para-hydroxylation sites is 1. The van der Waals surface area contributed by atoms with Crippen LogP contribution in [-0.2, 0) is 21.2 Å². The third-order valence-corrected chi connectivity index (χ3v) is 4.76. The first kappa shape index (κ1) is 20.6. The highest BCUT2D eigenvalue weighted by Gasteiger charge is 2.12. The van der Waals surface area contributed by atoms with Crippen LogP contribution in [0, 0.1) is 0 Å². The van der Waals surface area contributed by atoms with Gasteiger partial charge in [-0.3, -0.25) is 9.52 Å². The van der Waals surface area contributed by atoms with Gasteiger partial charge < -0.3 is 9.73 Å². The number of anilines is 2. The summed E-state index contributed by atoms with van der Waals surface area (Å²) in [5.74, 6) is 1.36. The third-order valence-electron chi connectivity index (χ3n) is 4.17. The monoisotopic (exact) mass is 413 g/mol. The molecule has 3 rings (SSSR count). The highest BCUT2D eigenvalue weighted by atomic mass is 32.2. The zero-order valence-electron chi connectivity index (χ0n) is 16.5. The number of sulfonamides is 1. The summed E-state index contributed by atoms with van der Waals surface area (Å²) in [7, 11) is -3.43. The minimum Gasteiger partial charge on any atom is -0.441 e. The van der Waals surface area contributed by atoms with Crippen LogP contribution in [-0.4, -0.2) is 25.6 Å². The van der Waals surface area contributed by atoms with Crippen molar-refractivity contribution in [2.24, 2.45) is 0 Å². The Labute approximate surface area is 170 Å². The minimum absolute atomic E-state index is 0.0396. The van der Waals surface area contributed by atoms with Crippen molar-refractivity contribution in [3.63, 3.8) is 0 Å². The highest BCUT2D eigenvalue weighted by Crippen LogP contribution is 2.24. The topological polar surface area (TPSA) is 101 Å². The largest absolute Gasteiger partial charge is 0.441 e. The number of rotatable bonds is 7. The highest BCUT2D eigenvalue weighted by molar-refractivity contribution is 7.92. The van der Waals surface area contributed by atoms with Gasteiger partial charge in [-0.05, 0) is 35.9 Å². The molecule has 0 aliphatic heterocycles. The third kappa shape index (κ3) is 5.68. The van der Waals surface area contributed by atoms with E-state index in [0.717, 1.165) is 17.6 Å². The Morgan fingerprint density at radius 2 is 1.79 bits per heavy atom. The van der Waals surface area contributed by atoms with Gasteiger partial charge in [0.1, 0.15) is 5.76 Å². The first-order valence-electron chi connectivity index (χ1n) is 9.13. The van der Waals surface area contributed by atoms with Gasteiger partial charge in [-0.15, -0.1) is 0 Å². The number of nitrogens with one attached hydrogen (secondary N) is 2. The molecule has 8 heteroatoms. The number of amides is 1. The van der Waals surface area contributed by atoms with Crippen molar-refractivity contribution in [3.8, 4) is 11.5 Å². The molecule has 0 saturated carbocycles. The molecule has 1 aromatic heterocycles. The van der Waals surface area contributed by atoms with E-state index in [-0.39, 0.29) is 18.2 Å². The molecule has 7 nitrogen and oxygen atoms in total. The van der Waals surface area contributed by atoms with E-state index in [1.165, 1.54) is 0 Å². The molecular formula is C21H23N3O4S. The van der Waals surface area contributed by atoms with Gasteiger partial charge in [0.05, 0.1) is 24.6 Å². The van der Waals surface area contributed by atoms with E-state index in [0.29, 0.717) is 22.8 Å². The second kappa shape index (κ2) is 8.48. The van der Waals surface area contributed by atoms with E-state index in [4.69, 9.17) is 4.42 Å². The Morgan fingerprint density at radius 1 is 1.10 bits per heavy atom. The van der Waals surface area contributed by atoms with Crippen LogP contribution < -0.4 is 10.0 Å². The summed E-state index contributed by atoms with van der Waals surface area (Å²) in [6.07, 6.45) is 2.83. The van der Waals surface area contributed by atoms with Crippen molar-refractivity contribution in [2.45, 2.75) is 26.2 Å².